The Kier molecular flexibility index (Phi) is 19.1. The predicted octanol–water partition coefficient (Wildman–Crippen LogP) is 10.6. The number of esters is 5. The van der Waals surface area contributed by atoms with Gasteiger partial charge in [-0.1, -0.05) is 27.4 Å². The van der Waals surface area contributed by atoms with Gasteiger partial charge < -0.3 is 33.2 Å². The third-order valence-corrected chi connectivity index (χ3v) is 15.0. The van der Waals surface area contributed by atoms with Gasteiger partial charge in [0.25, 0.3) is 0 Å². The summed E-state index contributed by atoms with van der Waals surface area (Å²) in [6.45, 7) is 22.4. The number of allylic oxidation sites excluding steroid dienone is 1. The Morgan fingerprint density at radius 1 is 0.667 bits per heavy atom. The van der Waals surface area contributed by atoms with Crippen molar-refractivity contribution >= 4 is 29.8 Å². The van der Waals surface area contributed by atoms with E-state index in [0.717, 1.165) is 25.0 Å². The molecule has 380 valence electrons. The number of rotatable bonds is 18. The SMILES string of the molecule is C=C1OC2C3CC(CC13)C2OC(=O)C(C)(C)CC.CCC(C)(C)C(=O)OC1CC2CC1CC2CC(C)(C(F)(F)F)C(F)(F)F.CCC(C)(C)C(=O)OCCC(=O)OCCC(=O)OC(C)OC. The molecule has 0 aromatic carbocycles. The Labute approximate surface area is 386 Å². The van der Waals surface area contributed by atoms with Gasteiger partial charge in [-0.05, 0) is 131 Å². The van der Waals surface area contributed by atoms with Crippen molar-refractivity contribution in [3.8, 4) is 0 Å². The molecule has 4 saturated carbocycles. The Hall–Kier alpha value is -3.57. The fourth-order valence-electron chi connectivity index (χ4n) is 8.91. The second-order valence-electron chi connectivity index (χ2n) is 20.7. The van der Waals surface area contributed by atoms with Crippen molar-refractivity contribution in [3.63, 3.8) is 0 Å². The third kappa shape index (κ3) is 13.8. The fourth-order valence-corrected chi connectivity index (χ4v) is 8.91. The first-order valence-corrected chi connectivity index (χ1v) is 23.2. The van der Waals surface area contributed by atoms with Gasteiger partial charge in [0.2, 0.25) is 0 Å². The van der Waals surface area contributed by atoms with Crippen molar-refractivity contribution in [2.75, 3.05) is 20.3 Å². The van der Waals surface area contributed by atoms with E-state index in [4.69, 9.17) is 33.2 Å². The van der Waals surface area contributed by atoms with Crippen LogP contribution >= 0.6 is 0 Å². The lowest BCUT2D eigenvalue weighted by molar-refractivity contribution is -0.340. The third-order valence-electron chi connectivity index (χ3n) is 15.0. The van der Waals surface area contributed by atoms with E-state index in [1.165, 1.54) is 7.11 Å². The van der Waals surface area contributed by atoms with Gasteiger partial charge in [0.1, 0.15) is 31.5 Å². The number of carbonyl (C=O) groups excluding carboxylic acids is 5. The standard InChI is InChI=1S/C18H26F6O2.C15H26O7.C15H22O3/c1-5-15(2,3)14(25)26-13-8-10-6-11(13)7-12(10)9-16(4,17(19,20)21)18(22,23)24;1-6-15(3,4)14(18)21-10-7-12(16)20-9-8-13(17)22-11(2)19-5;1-5-15(3,4)14(16)18-12-9-6-10-8(2)17-13(12)11(10)7-9/h10-13H,5-9H2,1-4H3;11H,6-10H2,1-5H3;9-13H,2,5-7H2,1,3-4H3. The number of carbonyl (C=O) groups is 5. The smallest absolute Gasteiger partial charge is 0.402 e. The van der Waals surface area contributed by atoms with Gasteiger partial charge in [0.15, 0.2) is 11.7 Å². The molecule has 66 heavy (non-hydrogen) atoms. The number of fused-ring (bicyclic) bond motifs is 3. The second-order valence-corrected chi connectivity index (χ2v) is 20.7. The molecule has 10 unspecified atom stereocenters. The van der Waals surface area contributed by atoms with Gasteiger partial charge in [0, 0.05) is 24.9 Å². The summed E-state index contributed by atoms with van der Waals surface area (Å²) in [6, 6.07) is 0. The number of hydrogen-bond acceptors (Lipinski definition) is 12. The first kappa shape index (κ1) is 56.8. The summed E-state index contributed by atoms with van der Waals surface area (Å²) in [7, 11) is 1.42. The number of ether oxygens (including phenoxy) is 7. The molecule has 1 heterocycles. The van der Waals surface area contributed by atoms with Gasteiger partial charge >= 0.3 is 42.2 Å². The minimum absolute atomic E-state index is 0.0355. The average molecular weight is 957 g/mol. The molecule has 0 radical (unpaired) electrons. The summed E-state index contributed by atoms with van der Waals surface area (Å²) in [4.78, 5) is 58.7. The molecule has 5 aliphatic rings. The van der Waals surface area contributed by atoms with Gasteiger partial charge in [-0.3, -0.25) is 24.0 Å². The van der Waals surface area contributed by atoms with Crippen LogP contribution in [-0.4, -0.2) is 87.1 Å². The van der Waals surface area contributed by atoms with Crippen LogP contribution in [0.2, 0.25) is 0 Å². The topological polar surface area (TPSA) is 150 Å². The molecule has 1 aliphatic heterocycles. The first-order chi connectivity index (χ1) is 30.3. The van der Waals surface area contributed by atoms with E-state index in [2.05, 4.69) is 6.58 Å². The predicted molar refractivity (Wildman–Crippen MR) is 229 cm³/mol. The number of hydrogen-bond donors (Lipinski definition) is 0. The minimum atomic E-state index is -5.34. The van der Waals surface area contributed by atoms with Crippen molar-refractivity contribution in [3.05, 3.63) is 12.3 Å². The Bertz CT molecular complexity index is 1690. The van der Waals surface area contributed by atoms with Crippen LogP contribution in [0.3, 0.4) is 0 Å². The molecule has 5 rings (SSSR count). The Morgan fingerprint density at radius 2 is 1.18 bits per heavy atom. The molecule has 0 amide bonds. The summed E-state index contributed by atoms with van der Waals surface area (Å²) in [5.41, 5.74) is -5.31. The molecule has 18 heteroatoms. The van der Waals surface area contributed by atoms with Crippen LogP contribution in [0.15, 0.2) is 12.3 Å². The van der Waals surface area contributed by atoms with E-state index >= 15 is 0 Å². The van der Waals surface area contributed by atoms with Crippen LogP contribution in [0.4, 0.5) is 26.3 Å². The first-order valence-electron chi connectivity index (χ1n) is 23.2. The largest absolute Gasteiger partial charge is 0.491 e. The van der Waals surface area contributed by atoms with Crippen molar-refractivity contribution in [2.24, 2.45) is 57.2 Å². The highest BCUT2D eigenvalue weighted by atomic mass is 19.4. The van der Waals surface area contributed by atoms with E-state index in [-0.39, 0.29) is 81.4 Å². The molecule has 0 aromatic heterocycles. The zero-order valence-electron chi connectivity index (χ0n) is 40.8. The van der Waals surface area contributed by atoms with Crippen LogP contribution in [0, 0.1) is 57.2 Å². The molecule has 4 bridgehead atoms. The average Bonchev–Trinajstić information content (AvgIpc) is 4.04. The van der Waals surface area contributed by atoms with Gasteiger partial charge in [-0.25, -0.2) is 0 Å². The molecule has 10 atom stereocenters. The van der Waals surface area contributed by atoms with Crippen LogP contribution in [0.1, 0.15) is 147 Å². The highest BCUT2D eigenvalue weighted by Gasteiger charge is 2.69. The maximum absolute atomic E-state index is 13.1. The quantitative estimate of drug-likeness (QED) is 0.0557. The highest BCUT2D eigenvalue weighted by molar-refractivity contribution is 5.77. The lowest BCUT2D eigenvalue weighted by atomic mass is 9.73. The summed E-state index contributed by atoms with van der Waals surface area (Å²) in [5.74, 6) is -0.417. The summed E-state index contributed by atoms with van der Waals surface area (Å²) >= 11 is 0. The molecule has 12 nitrogen and oxygen atoms in total. The van der Waals surface area contributed by atoms with Gasteiger partial charge in [0.05, 0.1) is 34.8 Å². The van der Waals surface area contributed by atoms with Crippen LogP contribution < -0.4 is 0 Å². The molecule has 0 spiro atoms. The maximum atomic E-state index is 13.1. The van der Waals surface area contributed by atoms with Gasteiger partial charge in [-0.2, -0.15) is 26.3 Å². The summed E-state index contributed by atoms with van der Waals surface area (Å²) < 4.78 is 115. The number of alkyl halides is 6. The zero-order chi connectivity index (χ0) is 50.4. The van der Waals surface area contributed by atoms with Crippen LogP contribution in [0.25, 0.3) is 0 Å². The Balaban J connectivity index is 0.000000267. The van der Waals surface area contributed by atoms with Crippen LogP contribution in [0.5, 0.6) is 0 Å². The molecular weight excluding hydrogens is 883 g/mol. The molecule has 0 N–H and O–H groups in total. The second kappa shape index (κ2) is 22.2. The van der Waals surface area contributed by atoms with E-state index in [1.807, 2.05) is 34.6 Å². The molecule has 4 aliphatic carbocycles. The van der Waals surface area contributed by atoms with E-state index in [9.17, 15) is 50.3 Å². The van der Waals surface area contributed by atoms with Crippen molar-refractivity contribution < 1.29 is 83.5 Å². The number of halogens is 6. The normalized spacial score (nSPS) is 27.1. The van der Waals surface area contributed by atoms with Crippen molar-refractivity contribution in [1.82, 2.24) is 0 Å². The van der Waals surface area contributed by atoms with E-state index in [1.54, 1.807) is 34.6 Å². The van der Waals surface area contributed by atoms with E-state index < -0.39 is 70.7 Å². The lowest BCUT2D eigenvalue weighted by Gasteiger charge is -2.38. The highest BCUT2D eigenvalue weighted by Crippen LogP contribution is 2.60. The molecular formula is C48H74F6O12. The van der Waals surface area contributed by atoms with E-state index in [0.29, 0.717) is 43.4 Å². The monoisotopic (exact) mass is 957 g/mol. The van der Waals surface area contributed by atoms with Gasteiger partial charge in [-0.15, -0.1) is 0 Å². The van der Waals surface area contributed by atoms with Crippen molar-refractivity contribution in [1.29, 1.82) is 0 Å². The number of methoxy groups -OCH3 is 1. The molecule has 5 fully saturated rings. The minimum Gasteiger partial charge on any atom is -0.491 e. The Morgan fingerprint density at radius 3 is 1.68 bits per heavy atom. The zero-order valence-corrected chi connectivity index (χ0v) is 40.8. The van der Waals surface area contributed by atoms with Crippen molar-refractivity contribution in [2.45, 2.75) is 184 Å². The summed E-state index contributed by atoms with van der Waals surface area (Å²) in [5, 5.41) is 0. The molecule has 0 aromatic rings. The van der Waals surface area contributed by atoms with Crippen LogP contribution in [-0.2, 0) is 57.1 Å². The summed E-state index contributed by atoms with van der Waals surface area (Å²) in [6.07, 6.45) is -7.33. The maximum Gasteiger partial charge on any atom is 0.402 e. The fraction of sp³-hybridized carbons (Fsp3) is 0.854. The lowest BCUT2D eigenvalue weighted by Crippen LogP contribution is -2.49. The molecule has 1 saturated heterocycles.